The molecule has 0 amide bonds. The van der Waals surface area contributed by atoms with Crippen molar-refractivity contribution in [3.05, 3.63) is 66.7 Å². The van der Waals surface area contributed by atoms with Crippen molar-refractivity contribution in [2.45, 2.75) is 31.7 Å². The molecule has 2 aromatic carbocycles. The highest BCUT2D eigenvalue weighted by Gasteiger charge is 2.27. The van der Waals surface area contributed by atoms with Crippen LogP contribution in [0.3, 0.4) is 0 Å². The van der Waals surface area contributed by atoms with E-state index < -0.39 is 0 Å². The fourth-order valence-electron chi connectivity index (χ4n) is 5.12. The van der Waals surface area contributed by atoms with Crippen LogP contribution in [0.5, 0.6) is 11.6 Å². The third-order valence-electron chi connectivity index (χ3n) is 7.01. The summed E-state index contributed by atoms with van der Waals surface area (Å²) in [6.07, 6.45) is 5.51. The van der Waals surface area contributed by atoms with Crippen molar-refractivity contribution < 1.29 is 13.9 Å². The number of benzene rings is 2. The van der Waals surface area contributed by atoms with Crippen LogP contribution in [0.25, 0.3) is 33.6 Å². The molecule has 1 saturated heterocycles. The van der Waals surface area contributed by atoms with Gasteiger partial charge in [-0.1, -0.05) is 47.7 Å². The van der Waals surface area contributed by atoms with Crippen molar-refractivity contribution in [1.29, 1.82) is 0 Å². The Labute approximate surface area is 220 Å². The molecule has 0 bridgehead atoms. The third-order valence-corrected chi connectivity index (χ3v) is 7.01. The number of furan rings is 1. The van der Waals surface area contributed by atoms with E-state index in [-0.39, 0.29) is 0 Å². The van der Waals surface area contributed by atoms with Gasteiger partial charge in [-0.05, 0) is 50.0 Å². The molecule has 1 fully saturated rings. The Hall–Kier alpha value is -4.31. The smallest absolute Gasteiger partial charge is 0.234 e. The Kier molecular flexibility index (Phi) is 6.95. The number of tetrazole rings is 1. The van der Waals surface area contributed by atoms with Gasteiger partial charge in [0.2, 0.25) is 11.6 Å². The molecule has 1 atom stereocenters. The van der Waals surface area contributed by atoms with Gasteiger partial charge in [0.15, 0.2) is 5.82 Å². The quantitative estimate of drug-likeness (QED) is 0.288. The zero-order valence-corrected chi connectivity index (χ0v) is 21.2. The second-order valence-electron chi connectivity index (χ2n) is 9.33. The molecule has 38 heavy (non-hydrogen) atoms. The summed E-state index contributed by atoms with van der Waals surface area (Å²) < 4.78 is 18.1. The highest BCUT2D eigenvalue weighted by molar-refractivity contribution is 6.03. The minimum Gasteiger partial charge on any atom is -0.497 e. The van der Waals surface area contributed by atoms with Crippen LogP contribution < -0.4 is 9.47 Å². The van der Waals surface area contributed by atoms with Gasteiger partial charge in [0.05, 0.1) is 7.11 Å². The van der Waals surface area contributed by atoms with E-state index in [1.807, 2.05) is 54.6 Å². The number of H-pyrrole nitrogens is 1. The Morgan fingerprint density at radius 3 is 2.71 bits per heavy atom. The molecular weight excluding hydrogens is 482 g/mol. The van der Waals surface area contributed by atoms with E-state index >= 15 is 0 Å². The van der Waals surface area contributed by atoms with Crippen molar-refractivity contribution in [1.82, 2.24) is 35.5 Å². The molecule has 0 radical (unpaired) electrons. The van der Waals surface area contributed by atoms with Crippen molar-refractivity contribution in [3.63, 3.8) is 0 Å². The number of likely N-dealkylation sites (tertiary alicyclic amines) is 1. The Balaban J connectivity index is 1.28. The van der Waals surface area contributed by atoms with Crippen LogP contribution in [0.2, 0.25) is 0 Å². The second-order valence-corrected chi connectivity index (χ2v) is 9.33. The van der Waals surface area contributed by atoms with E-state index in [0.29, 0.717) is 24.2 Å². The monoisotopic (exact) mass is 511 g/mol. The summed E-state index contributed by atoms with van der Waals surface area (Å²) in [5, 5.41) is 15.0. The molecule has 10 nitrogen and oxygen atoms in total. The first kappa shape index (κ1) is 24.1. The van der Waals surface area contributed by atoms with Gasteiger partial charge in [0.25, 0.3) is 0 Å². The van der Waals surface area contributed by atoms with Crippen LogP contribution in [0.15, 0.2) is 65.3 Å². The Morgan fingerprint density at radius 1 is 1.05 bits per heavy atom. The van der Waals surface area contributed by atoms with E-state index in [1.165, 1.54) is 6.33 Å². The predicted octanol–water partition coefficient (Wildman–Crippen LogP) is 4.55. The lowest BCUT2D eigenvalue weighted by molar-refractivity contribution is 0.169. The summed E-state index contributed by atoms with van der Waals surface area (Å²) in [6, 6.07) is 18.3. The number of fused-ring (bicyclic) bond motifs is 1. The highest BCUT2D eigenvalue weighted by atomic mass is 16.5. The summed E-state index contributed by atoms with van der Waals surface area (Å²) >= 11 is 0. The van der Waals surface area contributed by atoms with E-state index in [1.54, 1.807) is 7.11 Å². The molecular formula is C28H29N7O3. The second kappa shape index (κ2) is 11.0. The number of rotatable bonds is 10. The third kappa shape index (κ3) is 4.95. The van der Waals surface area contributed by atoms with Gasteiger partial charge in [-0.2, -0.15) is 5.21 Å². The van der Waals surface area contributed by atoms with Crippen molar-refractivity contribution >= 4 is 11.1 Å². The fourth-order valence-corrected chi connectivity index (χ4v) is 5.12. The highest BCUT2D eigenvalue weighted by Crippen LogP contribution is 2.43. The summed E-state index contributed by atoms with van der Waals surface area (Å²) in [5.41, 5.74) is 3.36. The number of methoxy groups -OCH3 is 1. The molecule has 1 aliphatic rings. The first-order chi connectivity index (χ1) is 18.8. The molecule has 1 unspecified atom stereocenters. The summed E-state index contributed by atoms with van der Waals surface area (Å²) in [7, 11) is 1.66. The largest absolute Gasteiger partial charge is 0.497 e. The first-order valence-electron chi connectivity index (χ1n) is 12.9. The molecule has 5 aromatic rings. The number of nitrogens with zero attached hydrogens (tertiary/aromatic N) is 6. The topological polar surface area (TPSA) is 115 Å². The summed E-state index contributed by atoms with van der Waals surface area (Å²) in [6.45, 7) is 2.56. The van der Waals surface area contributed by atoms with Crippen LogP contribution in [0.4, 0.5) is 0 Å². The standard InChI is InChI=1S/C28H29N7O3/c1-36-22-13-11-19(12-14-22)24-25-27(29-18-30-28(25)38-26(24)20-7-3-2-4-8-20)37-17-21-9-5-15-35(21)16-6-10-23-31-33-34-32-23/h2-4,7-8,11-14,18,21H,5-6,9-10,15-17H2,1H3,(H,31,32,33,34). The minimum absolute atomic E-state index is 0.315. The number of aryl methyl sites for hydroxylation is 1. The van der Waals surface area contributed by atoms with E-state index in [9.17, 15) is 0 Å². The number of nitrogens with one attached hydrogen (secondary N) is 1. The van der Waals surface area contributed by atoms with Crippen molar-refractivity contribution in [2.75, 3.05) is 26.8 Å². The lowest BCUT2D eigenvalue weighted by Gasteiger charge is -2.24. The van der Waals surface area contributed by atoms with Gasteiger partial charge >= 0.3 is 0 Å². The summed E-state index contributed by atoms with van der Waals surface area (Å²) in [4.78, 5) is 11.5. The number of aromatic nitrogens is 6. The van der Waals surface area contributed by atoms with E-state index in [4.69, 9.17) is 13.9 Å². The van der Waals surface area contributed by atoms with Gasteiger partial charge in [-0.15, -0.1) is 10.2 Å². The van der Waals surface area contributed by atoms with Gasteiger partial charge in [-0.3, -0.25) is 4.90 Å². The zero-order valence-electron chi connectivity index (χ0n) is 21.2. The number of ether oxygens (including phenoxy) is 2. The Bertz CT molecular complexity index is 1470. The number of hydrogen-bond acceptors (Lipinski definition) is 9. The average molecular weight is 512 g/mol. The van der Waals surface area contributed by atoms with Crippen molar-refractivity contribution in [2.24, 2.45) is 0 Å². The molecule has 6 rings (SSSR count). The zero-order chi connectivity index (χ0) is 25.7. The fraction of sp³-hybridized carbons (Fsp3) is 0.321. The van der Waals surface area contributed by atoms with Gasteiger partial charge in [0, 0.05) is 23.6 Å². The maximum atomic E-state index is 6.42. The molecule has 0 spiro atoms. The molecule has 3 aromatic heterocycles. The van der Waals surface area contributed by atoms with Crippen LogP contribution in [0.1, 0.15) is 25.1 Å². The molecule has 0 aliphatic carbocycles. The van der Waals surface area contributed by atoms with Gasteiger partial charge in [0.1, 0.15) is 29.8 Å². The Morgan fingerprint density at radius 2 is 1.92 bits per heavy atom. The van der Waals surface area contributed by atoms with Crippen LogP contribution >= 0.6 is 0 Å². The minimum atomic E-state index is 0.315. The molecule has 0 saturated carbocycles. The number of aromatic amines is 1. The van der Waals surface area contributed by atoms with E-state index in [0.717, 1.165) is 78.2 Å². The molecule has 1 N–H and O–H groups in total. The number of hydrogen-bond donors (Lipinski definition) is 1. The van der Waals surface area contributed by atoms with Crippen molar-refractivity contribution in [3.8, 4) is 34.1 Å². The van der Waals surface area contributed by atoms with Gasteiger partial charge in [-0.25, -0.2) is 9.97 Å². The van der Waals surface area contributed by atoms with Gasteiger partial charge < -0.3 is 13.9 Å². The SMILES string of the molecule is COc1ccc(-c2c(-c3ccccc3)oc3ncnc(OCC4CCCN4CCCc4nn[nH]n4)c23)cc1. The van der Waals surface area contributed by atoms with Crippen LogP contribution in [-0.2, 0) is 6.42 Å². The first-order valence-corrected chi connectivity index (χ1v) is 12.9. The lowest BCUT2D eigenvalue weighted by atomic mass is 9.99. The molecule has 10 heteroatoms. The lowest BCUT2D eigenvalue weighted by Crippen LogP contribution is -2.35. The molecule has 4 heterocycles. The van der Waals surface area contributed by atoms with E-state index in [2.05, 4.69) is 35.5 Å². The maximum absolute atomic E-state index is 6.42. The average Bonchev–Trinajstić information content (AvgIpc) is 3.73. The molecule has 1 aliphatic heterocycles. The summed E-state index contributed by atoms with van der Waals surface area (Å²) in [5.74, 6) is 2.81. The van der Waals surface area contributed by atoms with Crippen LogP contribution in [0, 0.1) is 0 Å². The maximum Gasteiger partial charge on any atom is 0.234 e. The predicted molar refractivity (Wildman–Crippen MR) is 142 cm³/mol. The molecule has 194 valence electrons. The normalized spacial score (nSPS) is 15.8. The van der Waals surface area contributed by atoms with Crippen LogP contribution in [-0.4, -0.2) is 68.3 Å².